The van der Waals surface area contributed by atoms with Crippen LogP contribution in [0.1, 0.15) is 28.5 Å². The summed E-state index contributed by atoms with van der Waals surface area (Å²) in [7, 11) is 0. The molecule has 0 unspecified atom stereocenters. The van der Waals surface area contributed by atoms with Crippen molar-refractivity contribution in [2.45, 2.75) is 20.4 Å². The van der Waals surface area contributed by atoms with Gasteiger partial charge in [0.1, 0.15) is 0 Å². The van der Waals surface area contributed by atoms with Crippen LogP contribution in [0.5, 0.6) is 0 Å². The second-order valence-corrected chi connectivity index (χ2v) is 5.90. The zero-order valence-electron chi connectivity index (χ0n) is 14.9. The largest absolute Gasteiger partial charge is 0.347 e. The van der Waals surface area contributed by atoms with Gasteiger partial charge in [-0.2, -0.15) is 0 Å². The number of carbonyl (C=O) groups excluding carboxylic acids is 1. The van der Waals surface area contributed by atoms with Gasteiger partial charge < -0.3 is 10.2 Å². The Labute approximate surface area is 152 Å². The van der Waals surface area contributed by atoms with E-state index in [0.29, 0.717) is 12.4 Å². The van der Waals surface area contributed by atoms with Gasteiger partial charge in [-0.3, -0.25) is 9.78 Å². The van der Waals surface area contributed by atoms with E-state index >= 15 is 0 Å². The number of aromatic nitrogens is 3. The lowest BCUT2D eigenvalue weighted by Crippen LogP contribution is -2.25. The summed E-state index contributed by atoms with van der Waals surface area (Å²) in [6.45, 7) is 5.27. The Bertz CT molecular complexity index is 865. The molecular weight excluding hydrogens is 326 g/mol. The molecule has 2 heterocycles. The van der Waals surface area contributed by atoms with Gasteiger partial charge in [0.25, 0.3) is 5.91 Å². The van der Waals surface area contributed by atoms with Crippen molar-refractivity contribution in [3.63, 3.8) is 0 Å². The van der Waals surface area contributed by atoms with Crippen molar-refractivity contribution in [3.8, 4) is 0 Å². The summed E-state index contributed by atoms with van der Waals surface area (Å²) in [5.74, 6) is 0.452. The van der Waals surface area contributed by atoms with Crippen LogP contribution < -0.4 is 10.2 Å². The molecule has 0 saturated carbocycles. The average molecular weight is 347 g/mol. The van der Waals surface area contributed by atoms with E-state index in [4.69, 9.17) is 0 Å². The lowest BCUT2D eigenvalue weighted by molar-refractivity contribution is 0.0945. The zero-order chi connectivity index (χ0) is 18.4. The number of benzene rings is 1. The van der Waals surface area contributed by atoms with Crippen molar-refractivity contribution in [1.29, 1.82) is 0 Å². The first-order chi connectivity index (χ1) is 12.7. The molecular formula is C20H21N5O. The molecule has 1 amide bonds. The van der Waals surface area contributed by atoms with Gasteiger partial charge in [-0.25, -0.2) is 0 Å². The fraction of sp³-hybridized carbons (Fsp3) is 0.200. The van der Waals surface area contributed by atoms with E-state index in [-0.39, 0.29) is 11.6 Å². The molecule has 3 aromatic rings. The lowest BCUT2D eigenvalue weighted by atomic mass is 10.2. The summed E-state index contributed by atoms with van der Waals surface area (Å²) in [6.07, 6.45) is 3.42. The molecule has 6 heteroatoms. The summed E-state index contributed by atoms with van der Waals surface area (Å²) in [4.78, 5) is 18.3. The minimum absolute atomic E-state index is 0.258. The molecule has 6 nitrogen and oxygen atoms in total. The topological polar surface area (TPSA) is 71.0 Å². The van der Waals surface area contributed by atoms with Gasteiger partial charge in [0.05, 0.1) is 0 Å². The minimum Gasteiger partial charge on any atom is -0.347 e. The number of hydrogen-bond acceptors (Lipinski definition) is 5. The van der Waals surface area contributed by atoms with Crippen molar-refractivity contribution in [1.82, 2.24) is 20.5 Å². The van der Waals surface area contributed by atoms with Crippen LogP contribution in [0.2, 0.25) is 0 Å². The second-order valence-electron chi connectivity index (χ2n) is 5.90. The number of rotatable bonds is 6. The maximum absolute atomic E-state index is 12.2. The number of amides is 1. The lowest BCUT2D eigenvalue weighted by Gasteiger charge is -2.22. The number of aryl methyl sites for hydroxylation is 1. The number of pyridine rings is 1. The Balaban J connectivity index is 1.70. The van der Waals surface area contributed by atoms with E-state index < -0.39 is 0 Å². The summed E-state index contributed by atoms with van der Waals surface area (Å²) in [5, 5.41) is 11.1. The Morgan fingerprint density at radius 1 is 1.12 bits per heavy atom. The number of hydrogen-bond donors (Lipinski definition) is 1. The molecule has 0 aliphatic carbocycles. The fourth-order valence-electron chi connectivity index (χ4n) is 2.64. The zero-order valence-corrected chi connectivity index (χ0v) is 14.9. The van der Waals surface area contributed by atoms with Crippen molar-refractivity contribution in [2.75, 3.05) is 11.4 Å². The van der Waals surface area contributed by atoms with Crippen LogP contribution in [-0.2, 0) is 6.54 Å². The first kappa shape index (κ1) is 17.5. The standard InChI is InChI=1S/C20H21N5O/c1-3-25(17-8-4-6-15(2)12-17)19-10-9-18(23-24-19)20(26)22-14-16-7-5-11-21-13-16/h4-13H,3,14H2,1-2H3,(H,22,26). The maximum atomic E-state index is 12.2. The number of anilines is 2. The molecule has 0 aliphatic rings. The highest BCUT2D eigenvalue weighted by Gasteiger charge is 2.12. The van der Waals surface area contributed by atoms with Crippen molar-refractivity contribution in [2.24, 2.45) is 0 Å². The third kappa shape index (κ3) is 4.22. The smallest absolute Gasteiger partial charge is 0.272 e. The van der Waals surface area contributed by atoms with Crippen LogP contribution in [0.4, 0.5) is 11.5 Å². The normalized spacial score (nSPS) is 10.4. The predicted octanol–water partition coefficient (Wildman–Crippen LogP) is 3.27. The van der Waals surface area contributed by atoms with Crippen molar-refractivity contribution in [3.05, 3.63) is 77.7 Å². The van der Waals surface area contributed by atoms with Gasteiger partial charge in [0.15, 0.2) is 11.5 Å². The van der Waals surface area contributed by atoms with Gasteiger partial charge in [-0.15, -0.1) is 10.2 Å². The Kier molecular flexibility index (Phi) is 5.53. The van der Waals surface area contributed by atoms with Crippen LogP contribution in [0, 0.1) is 6.92 Å². The molecule has 0 radical (unpaired) electrons. The fourth-order valence-corrected chi connectivity index (χ4v) is 2.64. The van der Waals surface area contributed by atoms with Crippen molar-refractivity contribution >= 4 is 17.4 Å². The van der Waals surface area contributed by atoms with E-state index in [2.05, 4.69) is 51.4 Å². The number of nitrogens with zero attached hydrogens (tertiary/aromatic N) is 4. The van der Waals surface area contributed by atoms with E-state index in [0.717, 1.165) is 17.8 Å². The monoisotopic (exact) mass is 347 g/mol. The highest BCUT2D eigenvalue weighted by atomic mass is 16.1. The van der Waals surface area contributed by atoms with E-state index in [9.17, 15) is 4.79 Å². The van der Waals surface area contributed by atoms with Crippen LogP contribution in [0.15, 0.2) is 60.9 Å². The molecule has 1 aromatic carbocycles. The number of carbonyl (C=O) groups is 1. The maximum Gasteiger partial charge on any atom is 0.272 e. The summed E-state index contributed by atoms with van der Waals surface area (Å²) >= 11 is 0. The summed E-state index contributed by atoms with van der Waals surface area (Å²) in [5.41, 5.74) is 3.45. The van der Waals surface area contributed by atoms with Crippen LogP contribution in [0.3, 0.4) is 0 Å². The highest BCUT2D eigenvalue weighted by Crippen LogP contribution is 2.23. The van der Waals surface area contributed by atoms with Gasteiger partial charge >= 0.3 is 0 Å². The molecule has 0 spiro atoms. The van der Waals surface area contributed by atoms with Gasteiger partial charge in [0.2, 0.25) is 0 Å². The predicted molar refractivity (Wildman–Crippen MR) is 101 cm³/mol. The third-order valence-electron chi connectivity index (χ3n) is 3.97. The Morgan fingerprint density at radius 2 is 2.00 bits per heavy atom. The molecule has 0 saturated heterocycles. The molecule has 2 aromatic heterocycles. The van der Waals surface area contributed by atoms with Crippen molar-refractivity contribution < 1.29 is 4.79 Å². The second kappa shape index (κ2) is 8.20. The molecule has 1 N–H and O–H groups in total. The van der Waals surface area contributed by atoms with Crippen LogP contribution >= 0.6 is 0 Å². The quantitative estimate of drug-likeness (QED) is 0.741. The van der Waals surface area contributed by atoms with Gasteiger partial charge in [-0.05, 0) is 55.3 Å². The minimum atomic E-state index is -0.258. The van der Waals surface area contributed by atoms with Crippen LogP contribution in [0.25, 0.3) is 0 Å². The Morgan fingerprint density at radius 3 is 2.65 bits per heavy atom. The highest BCUT2D eigenvalue weighted by molar-refractivity contribution is 5.92. The van der Waals surface area contributed by atoms with Gasteiger partial charge in [0, 0.05) is 31.2 Å². The van der Waals surface area contributed by atoms with Gasteiger partial charge in [-0.1, -0.05) is 18.2 Å². The third-order valence-corrected chi connectivity index (χ3v) is 3.97. The molecule has 0 aliphatic heterocycles. The first-order valence-electron chi connectivity index (χ1n) is 8.52. The van der Waals surface area contributed by atoms with E-state index in [1.54, 1.807) is 18.5 Å². The molecule has 0 fully saturated rings. The van der Waals surface area contributed by atoms with E-state index in [1.807, 2.05) is 30.3 Å². The van der Waals surface area contributed by atoms with Crippen LogP contribution in [-0.4, -0.2) is 27.6 Å². The first-order valence-corrected chi connectivity index (χ1v) is 8.52. The Hall–Kier alpha value is -3.28. The average Bonchev–Trinajstić information content (AvgIpc) is 2.68. The number of nitrogens with one attached hydrogen (secondary N) is 1. The SMILES string of the molecule is CCN(c1cccc(C)c1)c1ccc(C(=O)NCc2cccnc2)nn1. The molecule has 132 valence electrons. The van der Waals surface area contributed by atoms with E-state index in [1.165, 1.54) is 5.56 Å². The summed E-state index contributed by atoms with van der Waals surface area (Å²) in [6, 6.07) is 15.5. The summed E-state index contributed by atoms with van der Waals surface area (Å²) < 4.78 is 0. The molecule has 26 heavy (non-hydrogen) atoms. The molecule has 0 atom stereocenters. The molecule has 3 rings (SSSR count). The molecule has 0 bridgehead atoms.